The van der Waals surface area contributed by atoms with Gasteiger partial charge in [0.15, 0.2) is 0 Å². The Labute approximate surface area is 698 Å². The normalized spacial score (nSPS) is 17.3. The number of unbranched alkanes of at least 4 members (excludes halogenated alkanes) is 2. The predicted octanol–water partition coefficient (Wildman–Crippen LogP) is -3.12. The molecule has 660 valence electrons. The molecule has 2 aliphatic heterocycles. The number of para-hydroxylation sites is 1. The van der Waals surface area contributed by atoms with Crippen molar-refractivity contribution in [1.82, 2.24) is 83.1 Å². The highest BCUT2D eigenvalue weighted by Crippen LogP contribution is 2.26. The number of likely N-dealkylation sites (tertiary alicyclic amines) is 2. The van der Waals surface area contributed by atoms with Crippen LogP contribution in [0.1, 0.15) is 150 Å². The number of aromatic nitrogens is 1. The summed E-state index contributed by atoms with van der Waals surface area (Å²) in [6.45, 7) is 12.8. The van der Waals surface area contributed by atoms with Crippen LogP contribution in [-0.2, 0) is 89.6 Å². The first kappa shape index (κ1) is 99.1. The average molecular weight is 1690 g/mol. The number of carbonyl (C=O) groups excluding carboxylic acids is 16. The van der Waals surface area contributed by atoms with Gasteiger partial charge in [0.05, 0.1) is 30.9 Å². The van der Waals surface area contributed by atoms with E-state index < -0.39 is 199 Å². The van der Waals surface area contributed by atoms with Crippen molar-refractivity contribution in [2.45, 2.75) is 236 Å². The highest BCUT2D eigenvalue weighted by molar-refractivity contribution is 8.00. The molecule has 2 fully saturated rings. The third-order valence-corrected chi connectivity index (χ3v) is 21.8. The number of hydrogen-bond donors (Lipinski definition) is 18. The van der Waals surface area contributed by atoms with Crippen LogP contribution in [0, 0.1) is 11.8 Å². The molecule has 1 aromatic heterocycles. The fraction of sp³-hybridized carbons (Fsp3) is 0.625. The number of primary amides is 2. The van der Waals surface area contributed by atoms with Crippen LogP contribution in [0.25, 0.3) is 10.9 Å². The first-order valence-corrected chi connectivity index (χ1v) is 41.9. The summed E-state index contributed by atoms with van der Waals surface area (Å²) in [4.78, 5) is 231. The summed E-state index contributed by atoms with van der Waals surface area (Å²) in [6.07, 6.45) is 3.19. The van der Waals surface area contributed by atoms with E-state index in [-0.39, 0.29) is 113 Å². The first-order valence-electron chi connectivity index (χ1n) is 40.8. The van der Waals surface area contributed by atoms with E-state index in [0.29, 0.717) is 30.4 Å². The molecule has 14 atom stereocenters. The molecule has 38 nitrogen and oxygen atoms in total. The summed E-state index contributed by atoms with van der Waals surface area (Å²) in [5, 5.41) is 51.4. The van der Waals surface area contributed by atoms with Gasteiger partial charge in [-0.1, -0.05) is 97.6 Å². The van der Waals surface area contributed by atoms with E-state index >= 15 is 0 Å². The monoisotopic (exact) mass is 1690 g/mol. The van der Waals surface area contributed by atoms with Gasteiger partial charge in [0.1, 0.15) is 78.3 Å². The molecule has 2 saturated heterocycles. The Morgan fingerprint density at radius 3 is 1.77 bits per heavy atom. The van der Waals surface area contributed by atoms with Gasteiger partial charge in [-0.05, 0) is 114 Å². The van der Waals surface area contributed by atoms with Crippen LogP contribution in [0.3, 0.4) is 0 Å². The number of aliphatic hydroxyl groups is 1. The number of rotatable bonds is 50. The number of H-pyrrole nitrogens is 1. The number of thioether (sulfide) groups is 1. The van der Waals surface area contributed by atoms with Crippen molar-refractivity contribution in [1.29, 1.82) is 0 Å². The zero-order valence-electron chi connectivity index (χ0n) is 70.1. The zero-order valence-corrected chi connectivity index (χ0v) is 70.9. The van der Waals surface area contributed by atoms with Gasteiger partial charge in [-0.15, -0.1) is 11.8 Å². The van der Waals surface area contributed by atoms with Gasteiger partial charge >= 0.3 is 0 Å². The van der Waals surface area contributed by atoms with Gasteiger partial charge in [-0.2, -0.15) is 0 Å². The third kappa shape index (κ3) is 30.4. The number of β-amino-alcohol motifs (C(OH)–C–C–N with tert-alkyl or cyclic N) is 1. The second-order valence-corrected chi connectivity index (χ2v) is 32.2. The lowest BCUT2D eigenvalue weighted by Gasteiger charge is -2.32. The average Bonchev–Trinajstić information content (AvgIpc) is 1.68. The topological polar surface area (TPSA) is 579 Å². The fourth-order valence-electron chi connectivity index (χ4n) is 14.2. The van der Waals surface area contributed by atoms with Gasteiger partial charge in [0.2, 0.25) is 94.5 Å². The van der Waals surface area contributed by atoms with Crippen LogP contribution in [0.2, 0.25) is 0 Å². The number of fused-ring (bicyclic) bond motifs is 1. The van der Waals surface area contributed by atoms with Crippen LogP contribution in [0.15, 0.2) is 54.7 Å². The molecule has 0 saturated carbocycles. The largest absolute Gasteiger partial charge is 0.508 e. The molecule has 3 heterocycles. The number of aliphatic hydroxyl groups excluding tert-OH is 1. The molecular formula is C80H126N20O18S. The number of phenols is 1. The Hall–Kier alpha value is -10.5. The molecule has 2 aliphatic rings. The number of nitrogens with zero attached hydrogens (tertiary/aromatic N) is 4. The summed E-state index contributed by atoms with van der Waals surface area (Å²) >= 11 is 0.840. The molecule has 3 aromatic rings. The Balaban J connectivity index is 1.29. The number of amides is 16. The highest BCUT2D eigenvalue weighted by Gasteiger charge is 2.46. The second-order valence-electron chi connectivity index (χ2n) is 31.1. The number of hydrogen-bond acceptors (Lipinski definition) is 22. The predicted molar refractivity (Wildman–Crippen MR) is 444 cm³/mol. The molecular weight excluding hydrogens is 1560 g/mol. The number of carbonyl (C=O) groups is 16. The van der Waals surface area contributed by atoms with Crippen molar-refractivity contribution >= 4 is 117 Å². The zero-order chi connectivity index (χ0) is 88.5. The lowest BCUT2D eigenvalue weighted by molar-refractivity contribution is -0.145. The number of likely N-dealkylation sites (N-methyl/N-ethyl adjacent to an activating group) is 4. The van der Waals surface area contributed by atoms with Gasteiger partial charge in [-0.25, -0.2) is 0 Å². The molecule has 2 aromatic carbocycles. The Morgan fingerprint density at radius 2 is 1.15 bits per heavy atom. The molecule has 5 rings (SSSR count). The Morgan fingerprint density at radius 1 is 0.580 bits per heavy atom. The Kier molecular flexibility index (Phi) is 40.9. The maximum atomic E-state index is 14.8. The van der Waals surface area contributed by atoms with E-state index in [1.165, 1.54) is 50.2 Å². The van der Waals surface area contributed by atoms with Gasteiger partial charge < -0.3 is 116 Å². The molecule has 39 heteroatoms. The fourth-order valence-corrected chi connectivity index (χ4v) is 15.0. The second kappa shape index (κ2) is 49.1. The summed E-state index contributed by atoms with van der Waals surface area (Å²) in [5.74, 6) is -14.1. The molecule has 22 N–H and O–H groups in total. The molecule has 0 radical (unpaired) electrons. The number of nitrogens with two attached hydrogens (primary N) is 4. The number of aromatic amines is 1. The van der Waals surface area contributed by atoms with Crippen molar-refractivity contribution in [2.24, 2.45) is 34.8 Å². The quantitative estimate of drug-likeness (QED) is 0.0266. The van der Waals surface area contributed by atoms with E-state index in [4.69, 9.17) is 22.9 Å². The number of benzene rings is 2. The van der Waals surface area contributed by atoms with Crippen LogP contribution in [-0.4, -0.2) is 286 Å². The summed E-state index contributed by atoms with van der Waals surface area (Å²) in [5.41, 5.74) is 24.8. The van der Waals surface area contributed by atoms with Crippen molar-refractivity contribution < 1.29 is 86.9 Å². The van der Waals surface area contributed by atoms with Crippen LogP contribution in [0.5, 0.6) is 5.75 Å². The minimum atomic E-state index is -1.74. The minimum Gasteiger partial charge on any atom is -0.508 e. The maximum absolute atomic E-state index is 14.8. The molecule has 1 unspecified atom stereocenters. The molecule has 0 bridgehead atoms. The molecule has 16 amide bonds. The van der Waals surface area contributed by atoms with E-state index in [1.807, 2.05) is 45.9 Å². The lowest BCUT2D eigenvalue weighted by Crippen LogP contribution is -2.61. The van der Waals surface area contributed by atoms with Crippen LogP contribution in [0.4, 0.5) is 0 Å². The highest BCUT2D eigenvalue weighted by atomic mass is 32.2. The van der Waals surface area contributed by atoms with Crippen LogP contribution >= 0.6 is 11.8 Å². The number of nitrogens with one attached hydrogen (secondary N) is 12. The van der Waals surface area contributed by atoms with Gasteiger partial charge in [0, 0.05) is 82.4 Å². The van der Waals surface area contributed by atoms with Crippen LogP contribution < -0.4 is 81.4 Å². The van der Waals surface area contributed by atoms with Crippen molar-refractivity contribution in [3.63, 3.8) is 0 Å². The van der Waals surface area contributed by atoms with Gasteiger partial charge in [-0.3, -0.25) is 76.7 Å². The van der Waals surface area contributed by atoms with Crippen molar-refractivity contribution in [3.05, 3.63) is 65.9 Å². The summed E-state index contributed by atoms with van der Waals surface area (Å²) < 4.78 is 0. The minimum absolute atomic E-state index is 0.0142. The summed E-state index contributed by atoms with van der Waals surface area (Å²) in [7, 11) is 4.44. The summed E-state index contributed by atoms with van der Waals surface area (Å²) in [6, 6.07) is -3.98. The third-order valence-electron chi connectivity index (χ3n) is 20.8. The van der Waals surface area contributed by atoms with Crippen molar-refractivity contribution in [3.8, 4) is 5.75 Å². The number of phenolic OH excluding ortho intramolecular Hbond substituents is 1. The van der Waals surface area contributed by atoms with E-state index in [0.717, 1.165) is 50.2 Å². The maximum Gasteiger partial charge on any atom is 0.246 e. The van der Waals surface area contributed by atoms with Gasteiger partial charge in [0.25, 0.3) is 0 Å². The first-order chi connectivity index (χ1) is 56.4. The smallest absolute Gasteiger partial charge is 0.246 e. The Bertz CT molecular complexity index is 3980. The van der Waals surface area contributed by atoms with E-state index in [9.17, 15) is 86.9 Å². The number of aromatic hydroxyl groups is 1. The standard InChI is InChI=1S/C80H126N20O18S/c1-12-15-21-54(85-9)77(115)98(11)62(23-16-13-2)74(112)91-55(32-44(4)5)71(109)96-61(70(108)88-40-66(84)104)42-119-43-67(105)89-58(34-47-25-27-49(101)28-26-47)78(116)97(10)46(8)68(106)93-59(37-65(83)103)79(117)99-31-19-24-63(99)75(113)95-60(38-82)73(111)94-57(33-45(6)7)80(118)100-41-50(102)36-64(100)76(114)92-56(35-48-39-87-52-22-18-17-20-51(48)52)72(110)90-53(29-30-81)69(107)86-14-3/h17-18,20,22,25-28,39,44-46,50,53-64,85,87,101-102H,12-16,19,21,23-24,29-38,40-43,81-82H2,1-11H3,(H2,83,103)(H2,84,104)(H,86,107)(H,88,108)(H,89,105)(H,90,110)(H,91,112)(H,92,114)(H,93,106)(H,94,111)(H,95,113)(H,96,109)/t46-,50+,53-,54-,55-,56-,57-,58-,59-,60?,61-,62-,63-,64-/m0/s1. The van der Waals surface area contributed by atoms with E-state index in [1.54, 1.807) is 40.1 Å². The molecule has 0 spiro atoms. The lowest BCUT2D eigenvalue weighted by atomic mass is 10.0. The molecule has 119 heavy (non-hydrogen) atoms. The SMILES string of the molecule is CCCC[C@H](NC)C(=O)N(C)[C@@H](CCCC)C(=O)N[C@@H](CC(C)C)C(=O)N[C@@H](CSCC(=O)N[C@@H](Cc1ccc(O)cc1)C(=O)N(C)[C@@H](C)C(=O)N[C@@H](CC(N)=O)C(=O)N1CCC[C@H]1C(=O)NC(CN)C(=O)N[C@@H](CC(C)C)C(=O)N1C[C@H](O)C[C@H]1C(=O)N[C@@H](Cc1c[nH]c2ccccc12)C(=O)N[C@@H](CCN)C(=O)NCC)C(=O)NCC(N)=O. The molecule has 0 aliphatic carbocycles. The van der Waals surface area contributed by atoms with E-state index in [2.05, 4.69) is 63.5 Å². The van der Waals surface area contributed by atoms with Crippen molar-refractivity contribution in [2.75, 3.05) is 71.9 Å².